The van der Waals surface area contributed by atoms with Crippen LogP contribution in [0.3, 0.4) is 0 Å². The molecular formula is C17H13NO. The molecule has 0 bridgehead atoms. The molecule has 0 atom stereocenters. The third kappa shape index (κ3) is 2.13. The number of Topliss-reactive ketones (excluding diaryl/α,β-unsaturated/α-hetero) is 1. The van der Waals surface area contributed by atoms with Crippen LogP contribution in [0, 0.1) is 0 Å². The molecule has 2 heteroatoms. The Labute approximate surface area is 111 Å². The van der Waals surface area contributed by atoms with Crippen molar-refractivity contribution in [3.63, 3.8) is 0 Å². The van der Waals surface area contributed by atoms with Gasteiger partial charge in [-0.3, -0.25) is 4.79 Å². The molecule has 0 N–H and O–H groups in total. The first-order chi connectivity index (χ1) is 9.25. The average Bonchev–Trinajstić information content (AvgIpc) is 2.47. The standard InChI is InChI=1S/C17H13NO/c1-12(19)16-10-5-11-17(18-16)15-9-4-7-13-6-2-3-8-14(13)15/h2-11H,1H3. The summed E-state index contributed by atoms with van der Waals surface area (Å²) in [5.41, 5.74) is 2.40. The highest BCUT2D eigenvalue weighted by Gasteiger charge is 2.07. The van der Waals surface area contributed by atoms with E-state index in [4.69, 9.17) is 0 Å². The summed E-state index contributed by atoms with van der Waals surface area (Å²) in [7, 11) is 0. The maximum absolute atomic E-state index is 11.4. The number of ketones is 1. The fourth-order valence-corrected chi connectivity index (χ4v) is 2.23. The molecular weight excluding hydrogens is 234 g/mol. The normalized spacial score (nSPS) is 10.6. The van der Waals surface area contributed by atoms with Gasteiger partial charge in [0.15, 0.2) is 5.78 Å². The maximum atomic E-state index is 11.4. The van der Waals surface area contributed by atoms with Crippen LogP contribution in [0.5, 0.6) is 0 Å². The van der Waals surface area contributed by atoms with Gasteiger partial charge in [-0.2, -0.15) is 0 Å². The van der Waals surface area contributed by atoms with Gasteiger partial charge >= 0.3 is 0 Å². The lowest BCUT2D eigenvalue weighted by atomic mass is 10.0. The molecule has 0 saturated carbocycles. The number of carbonyl (C=O) groups is 1. The quantitative estimate of drug-likeness (QED) is 0.638. The summed E-state index contributed by atoms with van der Waals surface area (Å²) in [5, 5.41) is 2.33. The number of nitrogens with zero attached hydrogens (tertiary/aromatic N) is 1. The van der Waals surface area contributed by atoms with Crippen LogP contribution in [-0.2, 0) is 0 Å². The number of fused-ring (bicyclic) bond motifs is 1. The summed E-state index contributed by atoms with van der Waals surface area (Å²) >= 11 is 0. The Bertz CT molecular complexity index is 757. The highest BCUT2D eigenvalue weighted by atomic mass is 16.1. The molecule has 3 aromatic rings. The number of aromatic nitrogens is 1. The molecule has 92 valence electrons. The van der Waals surface area contributed by atoms with Gasteiger partial charge in [0.05, 0.1) is 5.69 Å². The third-order valence-electron chi connectivity index (χ3n) is 3.18. The topological polar surface area (TPSA) is 30.0 Å². The van der Waals surface area contributed by atoms with Gasteiger partial charge in [0.1, 0.15) is 5.69 Å². The van der Waals surface area contributed by atoms with Crippen LogP contribution < -0.4 is 0 Å². The molecule has 0 saturated heterocycles. The Kier molecular flexibility index (Phi) is 2.84. The molecule has 0 spiro atoms. The molecule has 0 aliphatic heterocycles. The molecule has 0 radical (unpaired) electrons. The summed E-state index contributed by atoms with van der Waals surface area (Å²) in [5.74, 6) is -0.0120. The van der Waals surface area contributed by atoms with Gasteiger partial charge in [-0.15, -0.1) is 0 Å². The van der Waals surface area contributed by atoms with E-state index in [1.165, 1.54) is 12.3 Å². The third-order valence-corrected chi connectivity index (χ3v) is 3.18. The van der Waals surface area contributed by atoms with Gasteiger partial charge in [0.2, 0.25) is 0 Å². The van der Waals surface area contributed by atoms with Crippen LogP contribution in [0.15, 0.2) is 60.7 Å². The Morgan fingerprint density at radius 1 is 0.895 bits per heavy atom. The minimum absolute atomic E-state index is 0.0120. The van der Waals surface area contributed by atoms with Crippen molar-refractivity contribution in [2.24, 2.45) is 0 Å². The van der Waals surface area contributed by atoms with Crippen molar-refractivity contribution >= 4 is 16.6 Å². The molecule has 0 unspecified atom stereocenters. The lowest BCUT2D eigenvalue weighted by molar-refractivity contribution is 0.101. The second-order valence-electron chi connectivity index (χ2n) is 4.49. The largest absolute Gasteiger partial charge is 0.293 e. The number of benzene rings is 2. The molecule has 2 aromatic carbocycles. The SMILES string of the molecule is CC(=O)c1cccc(-c2cccc3ccccc23)n1. The van der Waals surface area contributed by atoms with Crippen LogP contribution in [0.2, 0.25) is 0 Å². The van der Waals surface area contributed by atoms with E-state index >= 15 is 0 Å². The minimum atomic E-state index is -0.0120. The molecule has 19 heavy (non-hydrogen) atoms. The van der Waals surface area contributed by atoms with E-state index in [1.54, 1.807) is 6.07 Å². The molecule has 3 rings (SSSR count). The van der Waals surface area contributed by atoms with Gasteiger partial charge in [-0.05, 0) is 22.9 Å². The monoisotopic (exact) mass is 247 g/mol. The lowest BCUT2D eigenvalue weighted by Crippen LogP contribution is -1.97. The molecule has 1 heterocycles. The van der Waals surface area contributed by atoms with Crippen molar-refractivity contribution in [1.82, 2.24) is 4.98 Å². The first kappa shape index (κ1) is 11.6. The Morgan fingerprint density at radius 3 is 2.47 bits per heavy atom. The number of carbonyl (C=O) groups excluding carboxylic acids is 1. The highest BCUT2D eigenvalue weighted by molar-refractivity contribution is 5.97. The second kappa shape index (κ2) is 4.65. The second-order valence-corrected chi connectivity index (χ2v) is 4.49. The fourth-order valence-electron chi connectivity index (χ4n) is 2.23. The molecule has 0 amide bonds. The lowest BCUT2D eigenvalue weighted by Gasteiger charge is -2.06. The highest BCUT2D eigenvalue weighted by Crippen LogP contribution is 2.27. The Balaban J connectivity index is 2.24. The molecule has 2 nitrogen and oxygen atoms in total. The smallest absolute Gasteiger partial charge is 0.178 e. The number of pyridine rings is 1. The van der Waals surface area contributed by atoms with Crippen LogP contribution in [-0.4, -0.2) is 10.8 Å². The zero-order valence-electron chi connectivity index (χ0n) is 10.6. The Morgan fingerprint density at radius 2 is 1.63 bits per heavy atom. The first-order valence-electron chi connectivity index (χ1n) is 6.22. The van der Waals surface area contributed by atoms with Crippen LogP contribution in [0.4, 0.5) is 0 Å². The van der Waals surface area contributed by atoms with E-state index in [-0.39, 0.29) is 5.78 Å². The van der Waals surface area contributed by atoms with Crippen molar-refractivity contribution in [3.8, 4) is 11.3 Å². The van der Waals surface area contributed by atoms with E-state index in [0.29, 0.717) is 5.69 Å². The minimum Gasteiger partial charge on any atom is -0.293 e. The average molecular weight is 247 g/mol. The maximum Gasteiger partial charge on any atom is 0.178 e. The molecule has 1 aromatic heterocycles. The summed E-state index contributed by atoms with van der Waals surface area (Å²) in [6, 6.07) is 19.9. The van der Waals surface area contributed by atoms with E-state index in [1.807, 2.05) is 36.4 Å². The fraction of sp³-hybridized carbons (Fsp3) is 0.0588. The predicted octanol–water partition coefficient (Wildman–Crippen LogP) is 4.10. The van der Waals surface area contributed by atoms with Crippen LogP contribution in [0.1, 0.15) is 17.4 Å². The van der Waals surface area contributed by atoms with Crippen molar-refractivity contribution in [1.29, 1.82) is 0 Å². The van der Waals surface area contributed by atoms with Crippen molar-refractivity contribution in [2.45, 2.75) is 6.92 Å². The van der Waals surface area contributed by atoms with E-state index in [2.05, 4.69) is 23.2 Å². The summed E-state index contributed by atoms with van der Waals surface area (Å²) in [4.78, 5) is 15.9. The zero-order chi connectivity index (χ0) is 13.2. The predicted molar refractivity (Wildman–Crippen MR) is 77.2 cm³/mol. The number of hydrogen-bond acceptors (Lipinski definition) is 2. The van der Waals surface area contributed by atoms with Crippen LogP contribution in [0.25, 0.3) is 22.0 Å². The van der Waals surface area contributed by atoms with Gasteiger partial charge in [0, 0.05) is 12.5 Å². The van der Waals surface area contributed by atoms with Crippen molar-refractivity contribution in [2.75, 3.05) is 0 Å². The molecule has 0 aliphatic carbocycles. The molecule has 0 fully saturated rings. The number of rotatable bonds is 2. The Hall–Kier alpha value is -2.48. The van der Waals surface area contributed by atoms with Gasteiger partial charge in [-0.25, -0.2) is 4.98 Å². The van der Waals surface area contributed by atoms with Gasteiger partial charge in [-0.1, -0.05) is 48.5 Å². The first-order valence-corrected chi connectivity index (χ1v) is 6.22. The van der Waals surface area contributed by atoms with E-state index in [0.717, 1.165) is 16.6 Å². The van der Waals surface area contributed by atoms with Crippen LogP contribution >= 0.6 is 0 Å². The van der Waals surface area contributed by atoms with Gasteiger partial charge in [0.25, 0.3) is 0 Å². The van der Waals surface area contributed by atoms with E-state index in [9.17, 15) is 4.79 Å². The summed E-state index contributed by atoms with van der Waals surface area (Å²) in [6.45, 7) is 1.54. The number of hydrogen-bond donors (Lipinski definition) is 0. The molecule has 0 aliphatic rings. The summed E-state index contributed by atoms with van der Waals surface area (Å²) < 4.78 is 0. The van der Waals surface area contributed by atoms with Crippen molar-refractivity contribution < 1.29 is 4.79 Å². The summed E-state index contributed by atoms with van der Waals surface area (Å²) in [6.07, 6.45) is 0. The van der Waals surface area contributed by atoms with Crippen molar-refractivity contribution in [3.05, 3.63) is 66.4 Å². The van der Waals surface area contributed by atoms with Gasteiger partial charge < -0.3 is 0 Å². The van der Waals surface area contributed by atoms with E-state index < -0.39 is 0 Å². The zero-order valence-corrected chi connectivity index (χ0v) is 10.6.